The zero-order chi connectivity index (χ0) is 15.8. The molecule has 1 aromatic carbocycles. The maximum Gasteiger partial charge on any atom is 0.262 e. The van der Waals surface area contributed by atoms with Crippen molar-refractivity contribution in [2.45, 2.75) is 12.8 Å². The number of benzene rings is 1. The van der Waals surface area contributed by atoms with E-state index in [9.17, 15) is 4.79 Å². The van der Waals surface area contributed by atoms with Gasteiger partial charge in [-0.1, -0.05) is 23.7 Å². The van der Waals surface area contributed by atoms with Crippen LogP contribution in [0.25, 0.3) is 22.2 Å². The number of nitrogens with one attached hydrogen (secondary N) is 1. The van der Waals surface area contributed by atoms with Gasteiger partial charge in [0.1, 0.15) is 0 Å². The lowest BCUT2D eigenvalue weighted by atomic mass is 10.0. The Morgan fingerprint density at radius 1 is 1.09 bits per heavy atom. The van der Waals surface area contributed by atoms with E-state index in [0.29, 0.717) is 22.0 Å². The Balaban J connectivity index is 1.90. The SMILES string of the molecule is O=c1[nH]c(N2CCCC2)nc2nccc(-c3ccc(Cl)cc3)c12. The quantitative estimate of drug-likeness (QED) is 0.785. The van der Waals surface area contributed by atoms with Crippen LogP contribution in [0, 0.1) is 0 Å². The summed E-state index contributed by atoms with van der Waals surface area (Å²) in [5.74, 6) is 0.612. The number of fused-ring (bicyclic) bond motifs is 1. The third kappa shape index (κ3) is 2.57. The lowest BCUT2D eigenvalue weighted by Gasteiger charge is -2.16. The molecule has 0 spiro atoms. The molecule has 2 aromatic heterocycles. The van der Waals surface area contributed by atoms with Crippen LogP contribution in [0.5, 0.6) is 0 Å². The molecule has 23 heavy (non-hydrogen) atoms. The molecular formula is C17H15ClN4O. The fourth-order valence-corrected chi connectivity index (χ4v) is 3.13. The number of hydrogen-bond donors (Lipinski definition) is 1. The first-order valence-corrected chi connectivity index (χ1v) is 8.00. The predicted molar refractivity (Wildman–Crippen MR) is 92.1 cm³/mol. The van der Waals surface area contributed by atoms with Crippen molar-refractivity contribution in [2.24, 2.45) is 0 Å². The topological polar surface area (TPSA) is 61.9 Å². The van der Waals surface area contributed by atoms with Gasteiger partial charge in [0.25, 0.3) is 5.56 Å². The van der Waals surface area contributed by atoms with Crippen molar-refractivity contribution in [3.8, 4) is 11.1 Å². The molecule has 0 unspecified atom stereocenters. The van der Waals surface area contributed by atoms with E-state index >= 15 is 0 Å². The Labute approximate surface area is 138 Å². The second kappa shape index (κ2) is 5.66. The highest BCUT2D eigenvalue weighted by Crippen LogP contribution is 2.26. The molecule has 0 saturated carbocycles. The van der Waals surface area contributed by atoms with Gasteiger partial charge in [0, 0.05) is 24.3 Å². The molecule has 5 nitrogen and oxygen atoms in total. The van der Waals surface area contributed by atoms with E-state index in [4.69, 9.17) is 11.6 Å². The summed E-state index contributed by atoms with van der Waals surface area (Å²) in [4.78, 5) is 26.5. The minimum atomic E-state index is -0.157. The largest absolute Gasteiger partial charge is 0.342 e. The van der Waals surface area contributed by atoms with Crippen LogP contribution in [0.2, 0.25) is 5.02 Å². The van der Waals surface area contributed by atoms with Gasteiger partial charge in [0.2, 0.25) is 5.95 Å². The Hall–Kier alpha value is -2.40. The molecule has 1 aliphatic rings. The normalized spacial score (nSPS) is 14.6. The summed E-state index contributed by atoms with van der Waals surface area (Å²) < 4.78 is 0. The molecule has 1 saturated heterocycles. The third-order valence-corrected chi connectivity index (χ3v) is 4.41. The first-order valence-electron chi connectivity index (χ1n) is 7.62. The van der Waals surface area contributed by atoms with Crippen LogP contribution < -0.4 is 10.5 Å². The number of anilines is 1. The number of aromatic nitrogens is 3. The Bertz CT molecular complexity index is 914. The first kappa shape index (κ1) is 14.2. The molecule has 1 aliphatic heterocycles. The van der Waals surface area contributed by atoms with E-state index < -0.39 is 0 Å². The molecule has 3 heterocycles. The molecular weight excluding hydrogens is 312 g/mol. The molecule has 0 amide bonds. The summed E-state index contributed by atoms with van der Waals surface area (Å²) in [6.45, 7) is 1.84. The van der Waals surface area contributed by atoms with E-state index in [1.807, 2.05) is 30.3 Å². The van der Waals surface area contributed by atoms with E-state index in [-0.39, 0.29) is 5.56 Å². The van der Waals surface area contributed by atoms with Crippen LogP contribution in [0.4, 0.5) is 5.95 Å². The molecule has 0 radical (unpaired) electrons. The van der Waals surface area contributed by atoms with Gasteiger partial charge >= 0.3 is 0 Å². The fraction of sp³-hybridized carbons (Fsp3) is 0.235. The second-order valence-corrected chi connectivity index (χ2v) is 6.08. The van der Waals surface area contributed by atoms with Crippen LogP contribution in [0.15, 0.2) is 41.3 Å². The summed E-state index contributed by atoms with van der Waals surface area (Å²) in [5, 5.41) is 1.17. The van der Waals surface area contributed by atoms with Crippen molar-refractivity contribution >= 4 is 28.6 Å². The summed E-state index contributed by atoms with van der Waals surface area (Å²) in [5.41, 5.74) is 2.05. The molecule has 6 heteroatoms. The molecule has 0 atom stereocenters. The second-order valence-electron chi connectivity index (χ2n) is 5.65. The minimum absolute atomic E-state index is 0.157. The summed E-state index contributed by atoms with van der Waals surface area (Å²) in [6, 6.07) is 9.24. The lowest BCUT2D eigenvalue weighted by Crippen LogP contribution is -2.24. The van der Waals surface area contributed by atoms with Crippen molar-refractivity contribution in [1.82, 2.24) is 15.0 Å². The molecule has 0 bridgehead atoms. The summed E-state index contributed by atoms with van der Waals surface area (Å²) in [7, 11) is 0. The highest BCUT2D eigenvalue weighted by molar-refractivity contribution is 6.30. The van der Waals surface area contributed by atoms with Gasteiger partial charge in [0.05, 0.1) is 5.39 Å². The molecule has 116 valence electrons. The Morgan fingerprint density at radius 2 is 1.83 bits per heavy atom. The van der Waals surface area contributed by atoms with Gasteiger partial charge in [-0.2, -0.15) is 4.98 Å². The van der Waals surface area contributed by atoms with E-state index in [2.05, 4.69) is 19.9 Å². The number of H-pyrrole nitrogens is 1. The van der Waals surface area contributed by atoms with Gasteiger partial charge in [-0.15, -0.1) is 0 Å². The zero-order valence-corrected chi connectivity index (χ0v) is 13.2. The Morgan fingerprint density at radius 3 is 2.57 bits per heavy atom. The number of hydrogen-bond acceptors (Lipinski definition) is 4. The van der Waals surface area contributed by atoms with Gasteiger partial charge in [-0.05, 0) is 42.2 Å². The monoisotopic (exact) mass is 326 g/mol. The summed E-state index contributed by atoms with van der Waals surface area (Å²) >= 11 is 5.94. The minimum Gasteiger partial charge on any atom is -0.342 e. The van der Waals surface area contributed by atoms with Crippen LogP contribution in [-0.4, -0.2) is 28.0 Å². The van der Waals surface area contributed by atoms with Gasteiger partial charge in [-0.3, -0.25) is 9.78 Å². The summed E-state index contributed by atoms with van der Waals surface area (Å²) in [6.07, 6.45) is 3.94. The highest BCUT2D eigenvalue weighted by Gasteiger charge is 2.17. The van der Waals surface area contributed by atoms with Crippen molar-refractivity contribution < 1.29 is 0 Å². The molecule has 4 rings (SSSR count). The smallest absolute Gasteiger partial charge is 0.262 e. The van der Waals surface area contributed by atoms with Gasteiger partial charge < -0.3 is 4.90 Å². The number of halogens is 1. The van der Waals surface area contributed by atoms with Crippen molar-refractivity contribution in [1.29, 1.82) is 0 Å². The highest BCUT2D eigenvalue weighted by atomic mass is 35.5. The average molecular weight is 327 g/mol. The van der Waals surface area contributed by atoms with Crippen molar-refractivity contribution in [3.05, 3.63) is 51.9 Å². The molecule has 1 N–H and O–H groups in total. The first-order chi connectivity index (χ1) is 11.2. The van der Waals surface area contributed by atoms with E-state index in [0.717, 1.165) is 37.1 Å². The van der Waals surface area contributed by atoms with Crippen LogP contribution in [0.1, 0.15) is 12.8 Å². The van der Waals surface area contributed by atoms with Gasteiger partial charge in [-0.25, -0.2) is 4.98 Å². The predicted octanol–water partition coefficient (Wildman–Crippen LogP) is 3.24. The van der Waals surface area contributed by atoms with E-state index in [1.165, 1.54) is 0 Å². The number of nitrogens with zero attached hydrogens (tertiary/aromatic N) is 3. The zero-order valence-electron chi connectivity index (χ0n) is 12.4. The third-order valence-electron chi connectivity index (χ3n) is 4.16. The van der Waals surface area contributed by atoms with Gasteiger partial charge in [0.15, 0.2) is 5.65 Å². The van der Waals surface area contributed by atoms with Crippen molar-refractivity contribution in [2.75, 3.05) is 18.0 Å². The molecule has 1 fully saturated rings. The van der Waals surface area contributed by atoms with Crippen LogP contribution >= 0.6 is 11.6 Å². The number of aromatic amines is 1. The molecule has 0 aliphatic carbocycles. The fourth-order valence-electron chi connectivity index (χ4n) is 3.00. The maximum absolute atomic E-state index is 12.6. The van der Waals surface area contributed by atoms with Crippen molar-refractivity contribution in [3.63, 3.8) is 0 Å². The van der Waals surface area contributed by atoms with Crippen LogP contribution in [-0.2, 0) is 0 Å². The van der Waals surface area contributed by atoms with Crippen LogP contribution in [0.3, 0.4) is 0 Å². The lowest BCUT2D eigenvalue weighted by molar-refractivity contribution is 0.897. The standard InChI is InChI=1S/C17H15ClN4O/c18-12-5-3-11(4-6-12)13-7-8-19-15-14(13)16(23)21-17(20-15)22-9-1-2-10-22/h3-8H,1-2,9-10H2,(H,19,20,21,23). The average Bonchev–Trinajstić information content (AvgIpc) is 3.09. The maximum atomic E-state index is 12.6. The number of pyridine rings is 1. The molecule has 3 aromatic rings. The number of rotatable bonds is 2. The van der Waals surface area contributed by atoms with E-state index in [1.54, 1.807) is 6.20 Å². The Kier molecular flexibility index (Phi) is 3.50.